The molecule has 0 saturated carbocycles. The SMILES string of the molecule is CCCCC1CC(NCC(F)F)CN(C(=O)C(C)C)C1. The van der Waals surface area contributed by atoms with Gasteiger partial charge in [0.1, 0.15) is 0 Å². The van der Waals surface area contributed by atoms with Crippen molar-refractivity contribution in [1.29, 1.82) is 0 Å². The van der Waals surface area contributed by atoms with Crippen molar-refractivity contribution in [2.45, 2.75) is 58.9 Å². The molecule has 0 aromatic rings. The van der Waals surface area contributed by atoms with Crippen LogP contribution in [0.5, 0.6) is 0 Å². The number of rotatable bonds is 7. The van der Waals surface area contributed by atoms with Gasteiger partial charge in [-0.2, -0.15) is 0 Å². The largest absolute Gasteiger partial charge is 0.341 e. The number of unbranched alkanes of at least 4 members (excludes halogenated alkanes) is 1. The molecule has 0 aromatic carbocycles. The molecule has 1 fully saturated rings. The van der Waals surface area contributed by atoms with Crippen LogP contribution in [0.15, 0.2) is 0 Å². The molecule has 20 heavy (non-hydrogen) atoms. The lowest BCUT2D eigenvalue weighted by Gasteiger charge is -2.39. The van der Waals surface area contributed by atoms with Crippen LogP contribution in [-0.2, 0) is 4.79 Å². The molecule has 0 aliphatic carbocycles. The summed E-state index contributed by atoms with van der Waals surface area (Å²) in [5.41, 5.74) is 0. The Bertz CT molecular complexity index is 298. The normalized spacial score (nSPS) is 23.6. The molecule has 118 valence electrons. The Morgan fingerprint density at radius 3 is 2.60 bits per heavy atom. The second-order valence-electron chi connectivity index (χ2n) is 6.14. The number of halogens is 2. The van der Waals surface area contributed by atoms with Crippen molar-refractivity contribution >= 4 is 5.91 Å². The van der Waals surface area contributed by atoms with E-state index in [1.54, 1.807) is 0 Å². The van der Waals surface area contributed by atoms with Crippen molar-refractivity contribution < 1.29 is 13.6 Å². The van der Waals surface area contributed by atoms with Crippen molar-refractivity contribution in [3.63, 3.8) is 0 Å². The Hall–Kier alpha value is -0.710. The first-order valence-electron chi connectivity index (χ1n) is 7.74. The van der Waals surface area contributed by atoms with Crippen molar-refractivity contribution in [2.24, 2.45) is 11.8 Å². The van der Waals surface area contributed by atoms with Crippen LogP contribution in [0.4, 0.5) is 8.78 Å². The van der Waals surface area contributed by atoms with E-state index in [1.165, 1.54) is 0 Å². The molecular formula is C15H28F2N2O. The van der Waals surface area contributed by atoms with E-state index in [4.69, 9.17) is 0 Å². The average molecular weight is 290 g/mol. The summed E-state index contributed by atoms with van der Waals surface area (Å²) in [6.07, 6.45) is 1.90. The lowest BCUT2D eigenvalue weighted by molar-refractivity contribution is -0.137. The molecule has 3 nitrogen and oxygen atoms in total. The number of carbonyl (C=O) groups excluding carboxylic acids is 1. The van der Waals surface area contributed by atoms with Crippen LogP contribution in [0.25, 0.3) is 0 Å². The quantitative estimate of drug-likeness (QED) is 0.782. The maximum Gasteiger partial charge on any atom is 0.250 e. The first kappa shape index (κ1) is 17.3. The van der Waals surface area contributed by atoms with Gasteiger partial charge >= 0.3 is 0 Å². The number of piperidine rings is 1. The van der Waals surface area contributed by atoms with E-state index in [1.807, 2.05) is 18.7 Å². The maximum atomic E-state index is 12.3. The second-order valence-corrected chi connectivity index (χ2v) is 6.14. The third kappa shape index (κ3) is 5.73. The van der Waals surface area contributed by atoms with E-state index in [-0.39, 0.29) is 24.4 Å². The Labute approximate surface area is 121 Å². The highest BCUT2D eigenvalue weighted by atomic mass is 19.3. The first-order valence-corrected chi connectivity index (χ1v) is 7.74. The topological polar surface area (TPSA) is 32.3 Å². The van der Waals surface area contributed by atoms with E-state index >= 15 is 0 Å². The van der Waals surface area contributed by atoms with Crippen LogP contribution in [-0.4, -0.2) is 42.9 Å². The molecule has 0 radical (unpaired) electrons. The summed E-state index contributed by atoms with van der Waals surface area (Å²) in [7, 11) is 0. The molecule has 0 bridgehead atoms. The number of nitrogens with one attached hydrogen (secondary N) is 1. The zero-order valence-electron chi connectivity index (χ0n) is 12.9. The van der Waals surface area contributed by atoms with Crippen LogP contribution in [0, 0.1) is 11.8 Å². The number of nitrogens with zero attached hydrogens (tertiary/aromatic N) is 1. The summed E-state index contributed by atoms with van der Waals surface area (Å²) in [6.45, 7) is 6.98. The van der Waals surface area contributed by atoms with E-state index in [9.17, 15) is 13.6 Å². The van der Waals surface area contributed by atoms with Gasteiger partial charge in [-0.1, -0.05) is 33.6 Å². The third-order valence-electron chi connectivity index (χ3n) is 3.87. The van der Waals surface area contributed by atoms with Crippen LogP contribution in [0.2, 0.25) is 0 Å². The fourth-order valence-electron chi connectivity index (χ4n) is 2.85. The molecule has 1 saturated heterocycles. The lowest BCUT2D eigenvalue weighted by atomic mass is 9.89. The summed E-state index contributed by atoms with van der Waals surface area (Å²) in [6, 6.07) is 0.00214. The van der Waals surface area contributed by atoms with E-state index in [2.05, 4.69) is 12.2 Å². The molecular weight excluding hydrogens is 262 g/mol. The lowest BCUT2D eigenvalue weighted by Crippen LogP contribution is -2.52. The second kappa shape index (κ2) is 8.55. The fraction of sp³-hybridized carbons (Fsp3) is 0.933. The van der Waals surface area contributed by atoms with Crippen LogP contribution in [0.3, 0.4) is 0 Å². The molecule has 0 spiro atoms. The zero-order chi connectivity index (χ0) is 15.1. The number of hydrogen-bond acceptors (Lipinski definition) is 2. The molecule has 1 N–H and O–H groups in total. The van der Waals surface area contributed by atoms with Crippen LogP contribution >= 0.6 is 0 Å². The van der Waals surface area contributed by atoms with Gasteiger partial charge in [-0.05, 0) is 18.8 Å². The van der Waals surface area contributed by atoms with Gasteiger partial charge in [0.2, 0.25) is 5.91 Å². The van der Waals surface area contributed by atoms with E-state index in [0.717, 1.165) is 32.2 Å². The number of amides is 1. The van der Waals surface area contributed by atoms with E-state index < -0.39 is 6.43 Å². The maximum absolute atomic E-state index is 12.3. The summed E-state index contributed by atoms with van der Waals surface area (Å²) >= 11 is 0. The highest BCUT2D eigenvalue weighted by Gasteiger charge is 2.30. The number of carbonyl (C=O) groups is 1. The highest BCUT2D eigenvalue weighted by molar-refractivity contribution is 5.78. The molecule has 1 rings (SSSR count). The predicted molar refractivity (Wildman–Crippen MR) is 76.8 cm³/mol. The Kier molecular flexibility index (Phi) is 7.41. The van der Waals surface area contributed by atoms with Crippen LogP contribution in [0.1, 0.15) is 46.5 Å². The standard InChI is InChI=1S/C15H28F2N2O/c1-4-5-6-12-7-13(18-8-14(16)17)10-19(9-12)15(20)11(2)3/h11-14,18H,4-10H2,1-3H3. The minimum Gasteiger partial charge on any atom is -0.341 e. The fourth-order valence-corrected chi connectivity index (χ4v) is 2.85. The molecule has 1 amide bonds. The minimum atomic E-state index is -2.33. The molecule has 1 aliphatic heterocycles. The molecule has 5 heteroatoms. The Morgan fingerprint density at radius 1 is 1.35 bits per heavy atom. The van der Waals surface area contributed by atoms with Gasteiger partial charge in [-0.15, -0.1) is 0 Å². The van der Waals surface area contributed by atoms with Gasteiger partial charge in [0, 0.05) is 25.0 Å². The van der Waals surface area contributed by atoms with Gasteiger partial charge in [0.25, 0.3) is 6.43 Å². The molecule has 2 unspecified atom stereocenters. The van der Waals surface area contributed by atoms with Crippen molar-refractivity contribution in [2.75, 3.05) is 19.6 Å². The van der Waals surface area contributed by atoms with Crippen molar-refractivity contribution in [3.05, 3.63) is 0 Å². The first-order chi connectivity index (χ1) is 9.43. The highest BCUT2D eigenvalue weighted by Crippen LogP contribution is 2.23. The summed E-state index contributed by atoms with van der Waals surface area (Å²) in [5.74, 6) is 0.535. The smallest absolute Gasteiger partial charge is 0.250 e. The minimum absolute atomic E-state index is 0.00214. The molecule has 2 atom stereocenters. The average Bonchev–Trinajstić information content (AvgIpc) is 2.41. The molecule has 1 aliphatic rings. The Balaban J connectivity index is 2.59. The molecule has 1 heterocycles. The predicted octanol–water partition coefficient (Wildman–Crippen LogP) is 2.90. The van der Waals surface area contributed by atoms with Crippen LogP contribution < -0.4 is 5.32 Å². The number of alkyl halides is 2. The molecule has 0 aromatic heterocycles. The van der Waals surface area contributed by atoms with E-state index in [0.29, 0.717) is 12.5 Å². The summed E-state index contributed by atoms with van der Waals surface area (Å²) in [5, 5.41) is 2.91. The van der Waals surface area contributed by atoms with Gasteiger partial charge in [0.15, 0.2) is 0 Å². The monoisotopic (exact) mass is 290 g/mol. The number of likely N-dealkylation sites (tertiary alicyclic amines) is 1. The zero-order valence-corrected chi connectivity index (χ0v) is 12.9. The van der Waals surface area contributed by atoms with Gasteiger partial charge in [-0.25, -0.2) is 8.78 Å². The van der Waals surface area contributed by atoms with Crippen molar-refractivity contribution in [3.8, 4) is 0 Å². The summed E-state index contributed by atoms with van der Waals surface area (Å²) in [4.78, 5) is 14.0. The summed E-state index contributed by atoms with van der Waals surface area (Å²) < 4.78 is 24.7. The number of hydrogen-bond donors (Lipinski definition) is 1. The third-order valence-corrected chi connectivity index (χ3v) is 3.87. The van der Waals surface area contributed by atoms with Gasteiger partial charge in [0.05, 0.1) is 6.54 Å². The Morgan fingerprint density at radius 2 is 2.05 bits per heavy atom. The van der Waals surface area contributed by atoms with Crippen molar-refractivity contribution in [1.82, 2.24) is 10.2 Å². The van der Waals surface area contributed by atoms with Gasteiger partial charge < -0.3 is 10.2 Å². The van der Waals surface area contributed by atoms with Gasteiger partial charge in [-0.3, -0.25) is 4.79 Å².